The summed E-state index contributed by atoms with van der Waals surface area (Å²) >= 11 is 0. The van der Waals surface area contributed by atoms with Crippen molar-refractivity contribution in [3.05, 3.63) is 35.4 Å². The maximum atomic E-state index is 5.94. The minimum Gasteiger partial charge on any atom is -0.496 e. The number of methoxy groups -OCH3 is 4. The minimum atomic E-state index is 0.609. The molecule has 0 aliphatic rings. The molecule has 0 atom stereocenters. The molecule has 0 fully saturated rings. The third-order valence-corrected chi connectivity index (χ3v) is 3.69. The van der Waals surface area contributed by atoms with Gasteiger partial charge in [-0.2, -0.15) is 0 Å². The Morgan fingerprint density at radius 1 is 0.522 bits per heavy atom. The van der Waals surface area contributed by atoms with Crippen LogP contribution in [-0.2, 0) is 0 Å². The monoisotopic (exact) mass is 318 g/mol. The summed E-state index contributed by atoms with van der Waals surface area (Å²) in [4.78, 5) is 0. The Balaban J connectivity index is 2.43. The Labute approximate surface area is 136 Å². The largest absolute Gasteiger partial charge is 0.496 e. The van der Waals surface area contributed by atoms with Crippen LogP contribution in [-0.4, -0.2) is 28.4 Å². The van der Waals surface area contributed by atoms with Gasteiger partial charge >= 0.3 is 0 Å². The van der Waals surface area contributed by atoms with Crippen LogP contribution in [0.1, 0.15) is 11.1 Å². The van der Waals surface area contributed by atoms with E-state index in [4.69, 9.17) is 23.7 Å². The smallest absolute Gasteiger partial charge is 0.134 e. The molecular weight excluding hydrogens is 296 g/mol. The predicted octanol–water partition coefficient (Wildman–Crippen LogP) is 4.13. The summed E-state index contributed by atoms with van der Waals surface area (Å²) in [5, 5.41) is 0. The first kappa shape index (κ1) is 16.8. The maximum absolute atomic E-state index is 5.94. The van der Waals surface area contributed by atoms with Crippen LogP contribution >= 0.6 is 0 Å². The van der Waals surface area contributed by atoms with Crippen molar-refractivity contribution in [3.63, 3.8) is 0 Å². The van der Waals surface area contributed by atoms with Crippen LogP contribution in [0.15, 0.2) is 24.3 Å². The van der Waals surface area contributed by atoms with Gasteiger partial charge < -0.3 is 23.7 Å². The SMILES string of the molecule is COc1cc(Oc2cc(OC)c(C)c(OC)c2)cc(OC)c1C. The lowest BCUT2D eigenvalue weighted by Crippen LogP contribution is -1.96. The van der Waals surface area contributed by atoms with E-state index in [9.17, 15) is 0 Å². The average molecular weight is 318 g/mol. The molecule has 0 saturated heterocycles. The second-order valence-electron chi connectivity index (χ2n) is 5.01. The molecule has 0 aliphatic carbocycles. The van der Waals surface area contributed by atoms with Gasteiger partial charge in [0.25, 0.3) is 0 Å². The van der Waals surface area contributed by atoms with Crippen molar-refractivity contribution >= 4 is 0 Å². The second kappa shape index (κ2) is 7.13. The van der Waals surface area contributed by atoms with Gasteiger partial charge in [0.15, 0.2) is 0 Å². The molecule has 5 heteroatoms. The molecule has 0 bridgehead atoms. The zero-order valence-corrected chi connectivity index (χ0v) is 14.4. The number of hydrogen-bond acceptors (Lipinski definition) is 5. The lowest BCUT2D eigenvalue weighted by Gasteiger charge is -2.15. The zero-order valence-electron chi connectivity index (χ0n) is 14.4. The molecule has 0 unspecified atom stereocenters. The van der Waals surface area contributed by atoms with Crippen molar-refractivity contribution in [3.8, 4) is 34.5 Å². The third kappa shape index (κ3) is 3.44. The van der Waals surface area contributed by atoms with Crippen LogP contribution in [0.3, 0.4) is 0 Å². The van der Waals surface area contributed by atoms with E-state index in [-0.39, 0.29) is 0 Å². The van der Waals surface area contributed by atoms with E-state index >= 15 is 0 Å². The standard InChI is InChI=1S/C18H22O5/c1-11-15(19-3)7-13(8-16(11)20-4)23-14-9-17(21-5)12(2)18(10-14)22-6/h7-10H,1-6H3. The molecule has 0 radical (unpaired) electrons. The highest BCUT2D eigenvalue weighted by molar-refractivity contribution is 5.53. The van der Waals surface area contributed by atoms with Gasteiger partial charge in [-0.15, -0.1) is 0 Å². The molecule has 0 spiro atoms. The van der Waals surface area contributed by atoms with Crippen molar-refractivity contribution in [2.24, 2.45) is 0 Å². The van der Waals surface area contributed by atoms with Crippen LogP contribution < -0.4 is 23.7 Å². The van der Waals surface area contributed by atoms with Gasteiger partial charge in [0.05, 0.1) is 28.4 Å². The molecule has 2 aromatic rings. The molecule has 0 amide bonds. The molecule has 5 nitrogen and oxygen atoms in total. The summed E-state index contributed by atoms with van der Waals surface area (Å²) < 4.78 is 27.4. The average Bonchev–Trinajstić information content (AvgIpc) is 2.57. The van der Waals surface area contributed by atoms with Crippen molar-refractivity contribution in [1.29, 1.82) is 0 Å². The molecule has 23 heavy (non-hydrogen) atoms. The molecule has 0 heterocycles. The fraction of sp³-hybridized carbons (Fsp3) is 0.333. The minimum absolute atomic E-state index is 0.609. The van der Waals surface area contributed by atoms with Crippen molar-refractivity contribution in [1.82, 2.24) is 0 Å². The van der Waals surface area contributed by atoms with E-state index in [0.717, 1.165) is 11.1 Å². The van der Waals surface area contributed by atoms with Gasteiger partial charge in [-0.25, -0.2) is 0 Å². The Morgan fingerprint density at radius 2 is 0.783 bits per heavy atom. The van der Waals surface area contributed by atoms with Crippen LogP contribution in [0.4, 0.5) is 0 Å². The summed E-state index contributed by atoms with van der Waals surface area (Å²) in [7, 11) is 6.46. The quantitative estimate of drug-likeness (QED) is 0.801. The Hall–Kier alpha value is -2.56. The van der Waals surface area contributed by atoms with E-state index in [1.54, 1.807) is 28.4 Å². The van der Waals surface area contributed by atoms with Gasteiger partial charge in [-0.3, -0.25) is 0 Å². The number of ether oxygens (including phenoxy) is 5. The first-order chi connectivity index (χ1) is 11.0. The highest BCUT2D eigenvalue weighted by atomic mass is 16.5. The summed E-state index contributed by atoms with van der Waals surface area (Å²) in [6.07, 6.45) is 0. The third-order valence-electron chi connectivity index (χ3n) is 3.69. The molecule has 0 saturated carbocycles. The molecular formula is C18H22O5. The molecule has 2 rings (SSSR count). The summed E-state index contributed by atoms with van der Waals surface area (Å²) in [6, 6.07) is 7.26. The van der Waals surface area contributed by atoms with E-state index < -0.39 is 0 Å². The maximum Gasteiger partial charge on any atom is 0.134 e. The fourth-order valence-electron chi connectivity index (χ4n) is 2.38. The van der Waals surface area contributed by atoms with Crippen molar-refractivity contribution in [2.45, 2.75) is 13.8 Å². The highest BCUT2D eigenvalue weighted by Gasteiger charge is 2.13. The van der Waals surface area contributed by atoms with Gasteiger partial charge in [0.2, 0.25) is 0 Å². The molecule has 0 aliphatic heterocycles. The fourth-order valence-corrected chi connectivity index (χ4v) is 2.38. The highest BCUT2D eigenvalue weighted by Crippen LogP contribution is 2.38. The lowest BCUT2D eigenvalue weighted by molar-refractivity contribution is 0.374. The van der Waals surface area contributed by atoms with Gasteiger partial charge in [0.1, 0.15) is 34.5 Å². The predicted molar refractivity (Wildman–Crippen MR) is 88.6 cm³/mol. The van der Waals surface area contributed by atoms with Crippen LogP contribution in [0.25, 0.3) is 0 Å². The van der Waals surface area contributed by atoms with Gasteiger partial charge in [0, 0.05) is 35.4 Å². The van der Waals surface area contributed by atoms with E-state index in [1.165, 1.54) is 0 Å². The van der Waals surface area contributed by atoms with Gasteiger partial charge in [-0.05, 0) is 13.8 Å². The van der Waals surface area contributed by atoms with Gasteiger partial charge in [-0.1, -0.05) is 0 Å². The summed E-state index contributed by atoms with van der Waals surface area (Å²) in [5.74, 6) is 4.01. The Bertz CT molecular complexity index is 584. The first-order valence-electron chi connectivity index (χ1n) is 7.17. The van der Waals surface area contributed by atoms with Crippen LogP contribution in [0.5, 0.6) is 34.5 Å². The lowest BCUT2D eigenvalue weighted by atomic mass is 10.1. The van der Waals surface area contributed by atoms with E-state index in [2.05, 4.69) is 0 Å². The van der Waals surface area contributed by atoms with E-state index in [1.807, 2.05) is 38.1 Å². The number of benzene rings is 2. The van der Waals surface area contributed by atoms with Crippen molar-refractivity contribution < 1.29 is 23.7 Å². The van der Waals surface area contributed by atoms with Crippen molar-refractivity contribution in [2.75, 3.05) is 28.4 Å². The molecule has 124 valence electrons. The first-order valence-corrected chi connectivity index (χ1v) is 7.17. The molecule has 0 aromatic heterocycles. The Morgan fingerprint density at radius 3 is 1.00 bits per heavy atom. The summed E-state index contributed by atoms with van der Waals surface area (Å²) in [6.45, 7) is 3.86. The Kier molecular flexibility index (Phi) is 5.21. The number of rotatable bonds is 6. The second-order valence-corrected chi connectivity index (χ2v) is 5.01. The van der Waals surface area contributed by atoms with Crippen LogP contribution in [0.2, 0.25) is 0 Å². The zero-order chi connectivity index (χ0) is 17.0. The normalized spacial score (nSPS) is 10.2. The van der Waals surface area contributed by atoms with Crippen LogP contribution in [0, 0.1) is 13.8 Å². The molecule has 2 aromatic carbocycles. The molecule has 0 N–H and O–H groups in total. The van der Waals surface area contributed by atoms with E-state index in [0.29, 0.717) is 34.5 Å². The topological polar surface area (TPSA) is 46.2 Å². The summed E-state index contributed by atoms with van der Waals surface area (Å²) in [5.41, 5.74) is 1.84. The number of hydrogen-bond donors (Lipinski definition) is 0.